The van der Waals surface area contributed by atoms with Crippen LogP contribution in [-0.2, 0) is 14.8 Å². The van der Waals surface area contributed by atoms with E-state index in [1.165, 1.54) is 11.4 Å². The molecule has 1 saturated heterocycles. The maximum Gasteiger partial charge on any atom is 0.247 e. The van der Waals surface area contributed by atoms with Crippen LogP contribution >= 0.6 is 0 Å². The average Bonchev–Trinajstić information content (AvgIpc) is 2.54. The molecule has 1 heterocycles. The molecule has 24 heavy (non-hydrogen) atoms. The quantitative estimate of drug-likeness (QED) is 0.810. The SMILES string of the molecule is CCCC(=O)N1CCN(S(=O)(=O)c2c(C)cc(C)cc2OC)CC1. The third-order valence-electron chi connectivity index (χ3n) is 4.26. The van der Waals surface area contributed by atoms with E-state index in [4.69, 9.17) is 4.74 Å². The Morgan fingerprint density at radius 2 is 1.79 bits per heavy atom. The first-order valence-electron chi connectivity index (χ1n) is 8.24. The number of ether oxygens (including phenoxy) is 1. The minimum absolute atomic E-state index is 0.0960. The summed E-state index contributed by atoms with van der Waals surface area (Å²) in [6.45, 7) is 7.15. The largest absolute Gasteiger partial charge is 0.495 e. The van der Waals surface area contributed by atoms with Crippen LogP contribution in [0.15, 0.2) is 17.0 Å². The van der Waals surface area contributed by atoms with Crippen LogP contribution in [0.5, 0.6) is 5.75 Å². The number of carbonyl (C=O) groups excluding carboxylic acids is 1. The van der Waals surface area contributed by atoms with Gasteiger partial charge < -0.3 is 9.64 Å². The van der Waals surface area contributed by atoms with Gasteiger partial charge >= 0.3 is 0 Å². The third kappa shape index (κ3) is 3.72. The van der Waals surface area contributed by atoms with Crippen LogP contribution in [0.2, 0.25) is 0 Å². The van der Waals surface area contributed by atoms with Crippen LogP contribution < -0.4 is 4.74 Å². The first-order valence-corrected chi connectivity index (χ1v) is 9.68. The van der Waals surface area contributed by atoms with Crippen molar-refractivity contribution < 1.29 is 17.9 Å². The van der Waals surface area contributed by atoms with E-state index in [-0.39, 0.29) is 10.8 Å². The number of hydrogen-bond donors (Lipinski definition) is 0. The summed E-state index contributed by atoms with van der Waals surface area (Å²) in [5, 5.41) is 0. The predicted octanol–water partition coefficient (Wildman–Crippen LogP) is 1.95. The Labute approximate surface area is 144 Å². The molecule has 0 spiro atoms. The van der Waals surface area contributed by atoms with Crippen LogP contribution in [0.4, 0.5) is 0 Å². The molecule has 1 aromatic rings. The van der Waals surface area contributed by atoms with Gasteiger partial charge in [-0.2, -0.15) is 4.31 Å². The monoisotopic (exact) mass is 354 g/mol. The number of aryl methyl sites for hydroxylation is 2. The van der Waals surface area contributed by atoms with E-state index in [2.05, 4.69) is 0 Å². The zero-order valence-electron chi connectivity index (χ0n) is 14.8. The van der Waals surface area contributed by atoms with Gasteiger partial charge in [0.1, 0.15) is 10.6 Å². The first-order chi connectivity index (χ1) is 11.3. The van der Waals surface area contributed by atoms with Gasteiger partial charge in [-0.05, 0) is 37.5 Å². The number of methoxy groups -OCH3 is 1. The number of hydrogen-bond acceptors (Lipinski definition) is 4. The second kappa shape index (κ2) is 7.53. The fourth-order valence-electron chi connectivity index (χ4n) is 3.08. The molecule has 1 aromatic carbocycles. The van der Waals surface area contributed by atoms with Crippen LogP contribution in [0.1, 0.15) is 30.9 Å². The molecule has 6 nitrogen and oxygen atoms in total. The van der Waals surface area contributed by atoms with Crippen LogP contribution in [0.25, 0.3) is 0 Å². The number of carbonyl (C=O) groups is 1. The summed E-state index contributed by atoms with van der Waals surface area (Å²) in [6.07, 6.45) is 1.31. The fraction of sp³-hybridized carbons (Fsp3) is 0.588. The first kappa shape index (κ1) is 18.7. The molecule has 0 saturated carbocycles. The summed E-state index contributed by atoms with van der Waals surface area (Å²) in [5.41, 5.74) is 1.63. The highest BCUT2D eigenvalue weighted by atomic mass is 32.2. The molecule has 0 bridgehead atoms. The Balaban J connectivity index is 2.23. The number of benzene rings is 1. The van der Waals surface area contributed by atoms with E-state index >= 15 is 0 Å². The standard InChI is InChI=1S/C17H26N2O4S/c1-5-6-16(20)18-7-9-19(10-8-18)24(21,22)17-14(3)11-13(2)12-15(17)23-4/h11-12H,5-10H2,1-4H3. The fourth-order valence-corrected chi connectivity index (χ4v) is 4.84. The van der Waals surface area contributed by atoms with Gasteiger partial charge in [-0.3, -0.25) is 4.79 Å². The van der Waals surface area contributed by atoms with Crippen LogP contribution in [-0.4, -0.2) is 56.8 Å². The van der Waals surface area contributed by atoms with Gasteiger partial charge in [-0.25, -0.2) is 8.42 Å². The summed E-state index contributed by atoms with van der Waals surface area (Å²) in [6, 6.07) is 3.58. The molecule has 0 aromatic heterocycles. The molecule has 1 aliphatic heterocycles. The van der Waals surface area contributed by atoms with Gasteiger partial charge in [-0.15, -0.1) is 0 Å². The number of rotatable bonds is 5. The summed E-state index contributed by atoms with van der Waals surface area (Å²) < 4.78 is 32.8. The molecule has 0 aliphatic carbocycles. The lowest BCUT2D eigenvalue weighted by atomic mass is 10.1. The van der Waals surface area contributed by atoms with Gasteiger partial charge in [0.15, 0.2) is 0 Å². The van der Waals surface area contributed by atoms with Crippen molar-refractivity contribution in [2.45, 2.75) is 38.5 Å². The molecule has 1 aliphatic rings. The molecule has 0 radical (unpaired) electrons. The summed E-state index contributed by atoms with van der Waals surface area (Å²) >= 11 is 0. The Morgan fingerprint density at radius 1 is 1.17 bits per heavy atom. The molecule has 0 atom stereocenters. The highest BCUT2D eigenvalue weighted by Gasteiger charge is 2.33. The van der Waals surface area contributed by atoms with Crippen molar-refractivity contribution in [2.75, 3.05) is 33.3 Å². The number of piperazine rings is 1. The molecule has 1 amide bonds. The summed E-state index contributed by atoms with van der Waals surface area (Å²) in [5.74, 6) is 0.468. The second-order valence-electron chi connectivity index (χ2n) is 6.15. The van der Waals surface area contributed by atoms with E-state index in [1.54, 1.807) is 17.9 Å². The molecule has 134 valence electrons. The third-order valence-corrected chi connectivity index (χ3v) is 6.34. The van der Waals surface area contributed by atoms with Crippen molar-refractivity contribution in [3.05, 3.63) is 23.3 Å². The van der Waals surface area contributed by atoms with E-state index in [0.29, 0.717) is 43.9 Å². The van der Waals surface area contributed by atoms with Gasteiger partial charge in [-0.1, -0.05) is 13.0 Å². The maximum atomic E-state index is 13.0. The normalized spacial score (nSPS) is 16.2. The molecule has 7 heteroatoms. The van der Waals surface area contributed by atoms with E-state index < -0.39 is 10.0 Å². The Morgan fingerprint density at radius 3 is 2.33 bits per heavy atom. The Kier molecular flexibility index (Phi) is 5.87. The van der Waals surface area contributed by atoms with Crippen molar-refractivity contribution in [2.24, 2.45) is 0 Å². The lowest BCUT2D eigenvalue weighted by Gasteiger charge is -2.34. The molecule has 2 rings (SSSR count). The van der Waals surface area contributed by atoms with Crippen molar-refractivity contribution in [3.8, 4) is 5.75 Å². The van der Waals surface area contributed by atoms with Gasteiger partial charge in [0, 0.05) is 32.6 Å². The van der Waals surface area contributed by atoms with Crippen molar-refractivity contribution in [3.63, 3.8) is 0 Å². The Hall–Kier alpha value is -1.60. The summed E-state index contributed by atoms with van der Waals surface area (Å²) in [4.78, 5) is 13.9. The maximum absolute atomic E-state index is 13.0. The zero-order valence-corrected chi connectivity index (χ0v) is 15.6. The van der Waals surface area contributed by atoms with Gasteiger partial charge in [0.05, 0.1) is 7.11 Å². The lowest BCUT2D eigenvalue weighted by Crippen LogP contribution is -2.50. The zero-order chi connectivity index (χ0) is 17.9. The number of nitrogens with zero attached hydrogens (tertiary/aromatic N) is 2. The molecular weight excluding hydrogens is 328 g/mol. The van der Waals surface area contributed by atoms with Crippen molar-refractivity contribution in [1.29, 1.82) is 0 Å². The van der Waals surface area contributed by atoms with Crippen LogP contribution in [0, 0.1) is 13.8 Å². The molecule has 1 fully saturated rings. The highest BCUT2D eigenvalue weighted by molar-refractivity contribution is 7.89. The molecular formula is C17H26N2O4S. The Bertz CT molecular complexity index is 708. The van der Waals surface area contributed by atoms with Gasteiger partial charge in [0.25, 0.3) is 0 Å². The average molecular weight is 354 g/mol. The molecule has 0 N–H and O–H groups in total. The van der Waals surface area contributed by atoms with E-state index in [0.717, 1.165) is 12.0 Å². The van der Waals surface area contributed by atoms with Crippen molar-refractivity contribution >= 4 is 15.9 Å². The van der Waals surface area contributed by atoms with E-state index in [9.17, 15) is 13.2 Å². The van der Waals surface area contributed by atoms with Crippen molar-refractivity contribution in [1.82, 2.24) is 9.21 Å². The predicted molar refractivity (Wildman–Crippen MR) is 92.7 cm³/mol. The minimum Gasteiger partial charge on any atom is -0.495 e. The number of amides is 1. The lowest BCUT2D eigenvalue weighted by molar-refractivity contribution is -0.132. The van der Waals surface area contributed by atoms with Crippen LogP contribution in [0.3, 0.4) is 0 Å². The molecule has 0 unspecified atom stereocenters. The minimum atomic E-state index is -3.64. The smallest absolute Gasteiger partial charge is 0.247 e. The van der Waals surface area contributed by atoms with Gasteiger partial charge in [0.2, 0.25) is 15.9 Å². The number of sulfonamides is 1. The topological polar surface area (TPSA) is 66.9 Å². The second-order valence-corrected chi connectivity index (χ2v) is 8.02. The highest BCUT2D eigenvalue weighted by Crippen LogP contribution is 2.31. The summed E-state index contributed by atoms with van der Waals surface area (Å²) in [7, 11) is -2.16. The van der Waals surface area contributed by atoms with E-state index in [1.807, 2.05) is 19.9 Å².